The van der Waals surface area contributed by atoms with Crippen molar-refractivity contribution in [1.82, 2.24) is 4.90 Å². The number of nitrogens with one attached hydrogen (secondary N) is 2. The van der Waals surface area contributed by atoms with Gasteiger partial charge in [0.2, 0.25) is 5.91 Å². The van der Waals surface area contributed by atoms with Gasteiger partial charge in [-0.25, -0.2) is 4.39 Å². The molecule has 0 bridgehead atoms. The number of anilines is 2. The Morgan fingerprint density at radius 3 is 2.50 bits per heavy atom. The van der Waals surface area contributed by atoms with E-state index < -0.39 is 17.0 Å². The van der Waals surface area contributed by atoms with Crippen LogP contribution in [0.4, 0.5) is 15.8 Å². The highest BCUT2D eigenvalue weighted by atomic mass is 32.2. The molecule has 1 atom stereocenters. The largest absolute Gasteiger partial charge is 0.352 e. The molecule has 3 amide bonds. The zero-order valence-corrected chi connectivity index (χ0v) is 19.0. The standard InChI is InChI=1S/C23H25FN4O3S/c1-4-28(5-2)23-27-22(31)19(32-23)13-20(29)25-16-8-6-7-15(11-16)21(30)26-17-10-9-14(3)18(24)12-17/h6-12,19H,4-5,13H2,1-3H3,(H,25,29)(H,26,30)/t19-/m0/s1. The molecule has 168 valence electrons. The van der Waals surface area contributed by atoms with E-state index >= 15 is 0 Å². The van der Waals surface area contributed by atoms with Crippen LogP contribution >= 0.6 is 11.8 Å². The van der Waals surface area contributed by atoms with E-state index in [2.05, 4.69) is 15.6 Å². The predicted octanol–water partition coefficient (Wildman–Crippen LogP) is 4.05. The third-order valence-electron chi connectivity index (χ3n) is 4.97. The van der Waals surface area contributed by atoms with Crippen LogP contribution < -0.4 is 10.6 Å². The molecule has 1 aliphatic heterocycles. The Morgan fingerprint density at radius 1 is 1.09 bits per heavy atom. The number of amidine groups is 1. The summed E-state index contributed by atoms with van der Waals surface area (Å²) in [5.74, 6) is -1.49. The average Bonchev–Trinajstić information content (AvgIpc) is 3.11. The molecule has 2 aromatic rings. The van der Waals surface area contributed by atoms with Gasteiger partial charge in [0.05, 0.1) is 0 Å². The normalized spacial score (nSPS) is 15.3. The van der Waals surface area contributed by atoms with Crippen molar-refractivity contribution in [2.45, 2.75) is 32.4 Å². The van der Waals surface area contributed by atoms with Gasteiger partial charge in [0.1, 0.15) is 11.1 Å². The number of halogens is 1. The number of carbonyl (C=O) groups excluding carboxylic acids is 3. The lowest BCUT2D eigenvalue weighted by molar-refractivity contribution is -0.121. The summed E-state index contributed by atoms with van der Waals surface area (Å²) >= 11 is 1.30. The van der Waals surface area contributed by atoms with Crippen molar-refractivity contribution in [3.63, 3.8) is 0 Å². The smallest absolute Gasteiger partial charge is 0.262 e. The number of aryl methyl sites for hydroxylation is 1. The van der Waals surface area contributed by atoms with Gasteiger partial charge in [0, 0.05) is 36.4 Å². The van der Waals surface area contributed by atoms with E-state index in [1.165, 1.54) is 23.9 Å². The molecule has 2 aromatic carbocycles. The lowest BCUT2D eigenvalue weighted by atomic mass is 10.1. The third kappa shape index (κ3) is 5.73. The van der Waals surface area contributed by atoms with Gasteiger partial charge in [0.25, 0.3) is 11.8 Å². The Hall–Kier alpha value is -3.20. The van der Waals surface area contributed by atoms with Gasteiger partial charge in [-0.3, -0.25) is 14.4 Å². The van der Waals surface area contributed by atoms with E-state index in [1.807, 2.05) is 18.7 Å². The summed E-state index contributed by atoms with van der Waals surface area (Å²) in [5, 5.41) is 5.45. The molecule has 2 N–H and O–H groups in total. The molecule has 9 heteroatoms. The molecule has 32 heavy (non-hydrogen) atoms. The number of benzene rings is 2. The van der Waals surface area contributed by atoms with E-state index in [0.717, 1.165) is 13.1 Å². The second-order valence-electron chi connectivity index (χ2n) is 7.26. The van der Waals surface area contributed by atoms with Gasteiger partial charge >= 0.3 is 0 Å². The first-order chi connectivity index (χ1) is 15.3. The van der Waals surface area contributed by atoms with Crippen LogP contribution in [0, 0.1) is 12.7 Å². The Labute approximate surface area is 190 Å². The van der Waals surface area contributed by atoms with E-state index in [4.69, 9.17) is 0 Å². The molecule has 1 heterocycles. The summed E-state index contributed by atoms with van der Waals surface area (Å²) in [6, 6.07) is 10.9. The minimum atomic E-state index is -0.562. The van der Waals surface area contributed by atoms with Crippen molar-refractivity contribution in [3.8, 4) is 0 Å². The second-order valence-corrected chi connectivity index (χ2v) is 8.43. The maximum Gasteiger partial charge on any atom is 0.262 e. The first kappa shape index (κ1) is 23.5. The number of hydrogen-bond acceptors (Lipinski definition) is 5. The molecular weight excluding hydrogens is 431 g/mol. The van der Waals surface area contributed by atoms with Gasteiger partial charge in [0.15, 0.2) is 5.17 Å². The van der Waals surface area contributed by atoms with Gasteiger partial charge in [-0.1, -0.05) is 23.9 Å². The van der Waals surface area contributed by atoms with Gasteiger partial charge in [-0.15, -0.1) is 0 Å². The lowest BCUT2D eigenvalue weighted by Crippen LogP contribution is -2.27. The van der Waals surface area contributed by atoms with Crippen LogP contribution in [-0.2, 0) is 9.59 Å². The fraction of sp³-hybridized carbons (Fsp3) is 0.304. The maximum absolute atomic E-state index is 13.7. The molecule has 0 aliphatic carbocycles. The third-order valence-corrected chi connectivity index (χ3v) is 6.19. The zero-order valence-electron chi connectivity index (χ0n) is 18.1. The predicted molar refractivity (Wildman–Crippen MR) is 126 cm³/mol. The summed E-state index contributed by atoms with van der Waals surface area (Å²) in [7, 11) is 0. The molecule has 0 aromatic heterocycles. The van der Waals surface area contributed by atoms with Crippen LogP contribution in [0.1, 0.15) is 36.2 Å². The summed E-state index contributed by atoms with van der Waals surface area (Å²) in [4.78, 5) is 43.2. The molecule has 1 aliphatic rings. The van der Waals surface area contributed by atoms with E-state index in [0.29, 0.717) is 27.7 Å². The molecule has 0 saturated carbocycles. The molecule has 7 nitrogen and oxygen atoms in total. The Balaban J connectivity index is 1.59. The molecule has 0 saturated heterocycles. The summed E-state index contributed by atoms with van der Waals surface area (Å²) in [5.41, 5.74) is 1.56. The van der Waals surface area contributed by atoms with Crippen molar-refractivity contribution in [3.05, 3.63) is 59.4 Å². The molecule has 0 radical (unpaired) electrons. The highest BCUT2D eigenvalue weighted by Crippen LogP contribution is 2.27. The lowest BCUT2D eigenvalue weighted by Gasteiger charge is -2.19. The highest BCUT2D eigenvalue weighted by Gasteiger charge is 2.32. The Morgan fingerprint density at radius 2 is 1.81 bits per heavy atom. The number of carbonyl (C=O) groups is 3. The van der Waals surface area contributed by atoms with Crippen LogP contribution in [0.2, 0.25) is 0 Å². The molecule has 0 unspecified atom stereocenters. The Bertz CT molecular complexity index is 1070. The highest BCUT2D eigenvalue weighted by molar-refractivity contribution is 8.15. The van der Waals surface area contributed by atoms with Crippen LogP contribution in [0.25, 0.3) is 0 Å². The van der Waals surface area contributed by atoms with Gasteiger partial charge in [-0.05, 0) is 56.7 Å². The fourth-order valence-electron chi connectivity index (χ4n) is 3.13. The first-order valence-corrected chi connectivity index (χ1v) is 11.2. The number of thioether (sulfide) groups is 1. The van der Waals surface area contributed by atoms with Crippen LogP contribution in [0.5, 0.6) is 0 Å². The van der Waals surface area contributed by atoms with Crippen molar-refractivity contribution in [2.75, 3.05) is 23.7 Å². The van der Waals surface area contributed by atoms with E-state index in [1.54, 1.807) is 37.3 Å². The van der Waals surface area contributed by atoms with Crippen LogP contribution in [-0.4, -0.2) is 46.1 Å². The zero-order chi connectivity index (χ0) is 23.3. The molecule has 0 spiro atoms. The second kappa shape index (κ2) is 10.4. The monoisotopic (exact) mass is 456 g/mol. The number of hydrogen-bond donors (Lipinski definition) is 2. The maximum atomic E-state index is 13.7. The quantitative estimate of drug-likeness (QED) is 0.656. The van der Waals surface area contributed by atoms with Crippen molar-refractivity contribution in [1.29, 1.82) is 0 Å². The Kier molecular flexibility index (Phi) is 7.63. The minimum Gasteiger partial charge on any atom is -0.352 e. The molecule has 0 fully saturated rings. The van der Waals surface area contributed by atoms with Gasteiger partial charge < -0.3 is 15.5 Å². The molecule has 3 rings (SSSR count). The number of aliphatic imine (C=N–C) groups is 1. The van der Waals surface area contributed by atoms with Crippen LogP contribution in [0.15, 0.2) is 47.5 Å². The number of amides is 3. The van der Waals surface area contributed by atoms with E-state index in [-0.39, 0.29) is 18.2 Å². The topological polar surface area (TPSA) is 90.9 Å². The number of rotatable bonds is 7. The SMILES string of the molecule is CCN(CC)C1=NC(=O)[C@H](CC(=O)Nc2cccc(C(=O)Nc3ccc(C)c(F)c3)c2)S1. The van der Waals surface area contributed by atoms with Crippen molar-refractivity contribution in [2.24, 2.45) is 4.99 Å². The average molecular weight is 457 g/mol. The van der Waals surface area contributed by atoms with Crippen molar-refractivity contribution < 1.29 is 18.8 Å². The summed E-state index contributed by atoms with van der Waals surface area (Å²) in [6.07, 6.45) is -0.0170. The summed E-state index contributed by atoms with van der Waals surface area (Å²) in [6.45, 7) is 7.07. The number of nitrogens with zero attached hydrogens (tertiary/aromatic N) is 2. The fourth-order valence-corrected chi connectivity index (χ4v) is 4.32. The summed E-state index contributed by atoms with van der Waals surface area (Å²) < 4.78 is 13.7. The van der Waals surface area contributed by atoms with Crippen molar-refractivity contribution >= 4 is 46.0 Å². The molecular formula is C23H25FN4O3S. The first-order valence-electron chi connectivity index (χ1n) is 10.3. The van der Waals surface area contributed by atoms with Crippen LogP contribution in [0.3, 0.4) is 0 Å². The van der Waals surface area contributed by atoms with E-state index in [9.17, 15) is 18.8 Å². The van der Waals surface area contributed by atoms with Gasteiger partial charge in [-0.2, -0.15) is 4.99 Å². The minimum absolute atomic E-state index is 0.0170.